The van der Waals surface area contributed by atoms with Crippen molar-refractivity contribution < 1.29 is 80.2 Å². The lowest BCUT2D eigenvalue weighted by Crippen LogP contribution is -2.30. The molecule has 0 amide bonds. The molecular weight excluding hydrogens is 1380 g/mol. The Morgan fingerprint density at radius 3 is 0.774 bits per heavy atom. The van der Waals surface area contributed by atoms with Gasteiger partial charge in [-0.05, 0) is 167 Å². The molecule has 5 atom stereocenters. The molecule has 0 fully saturated rings. The van der Waals surface area contributed by atoms with Crippen LogP contribution < -0.4 is 0 Å². The predicted molar refractivity (Wildman–Crippen MR) is 436 cm³/mol. The summed E-state index contributed by atoms with van der Waals surface area (Å²) >= 11 is 0. The molecule has 19 heteroatoms. The van der Waals surface area contributed by atoms with Crippen LogP contribution in [0.1, 0.15) is 310 Å². The Morgan fingerprint density at radius 1 is 0.274 bits per heavy atom. The second-order valence-electron chi connectivity index (χ2n) is 26.6. The standard InChI is InChI=1S/C87H144O17P2/c1-5-9-13-17-21-25-29-33-36-39-40-43-45-49-52-56-60-64-68-72-85(90)97-77-82(103-86(91)73-69-65-61-57-53-47-32-28-24-20-16-12-8-4)79-101-105(93,94)99-75-81(88)76-100-106(95,96)102-80-83(104-87(92)74-70-66-62-58-54-50-46-42-38-35-31-27-23-19-15-11-7-3)78-98-84(89)71-67-63-59-55-51-48-44-41-37-34-30-26-22-18-14-10-6-2/h9-11,13-15,21-23,25-28,32-38,40,43-44,48-49,52,81-83,88H,5-8,12,16-20,24,29-31,39,41-42,45-47,50-51,53-80H2,1-4H3,(H,93,94)(H,95,96)/b13-9-,14-10-,15-11-,25-21-,26-22-,27-23-,32-28-,36-33-,37-34-,38-35-,43-40-,48-44-,52-49-. The highest BCUT2D eigenvalue weighted by atomic mass is 31.2. The third-order valence-electron chi connectivity index (χ3n) is 16.5. The Hall–Kier alpha value is -5.32. The fourth-order valence-corrected chi connectivity index (χ4v) is 11.9. The molecule has 0 aromatic carbocycles. The summed E-state index contributed by atoms with van der Waals surface area (Å²) in [5.74, 6) is -2.26. The van der Waals surface area contributed by atoms with Crippen molar-refractivity contribution in [1.82, 2.24) is 0 Å². The first-order chi connectivity index (χ1) is 51.7. The van der Waals surface area contributed by atoms with Crippen molar-refractivity contribution in [3.63, 3.8) is 0 Å². The van der Waals surface area contributed by atoms with Gasteiger partial charge in [-0.3, -0.25) is 37.3 Å². The first-order valence-corrected chi connectivity index (χ1v) is 43.7. The molecule has 106 heavy (non-hydrogen) atoms. The molecule has 0 aliphatic carbocycles. The van der Waals surface area contributed by atoms with E-state index in [2.05, 4.69) is 186 Å². The van der Waals surface area contributed by atoms with Crippen LogP contribution in [-0.2, 0) is 65.4 Å². The normalized spacial score (nSPS) is 14.7. The highest BCUT2D eigenvalue weighted by Gasteiger charge is 2.30. The van der Waals surface area contributed by atoms with Crippen LogP contribution in [0.3, 0.4) is 0 Å². The minimum Gasteiger partial charge on any atom is -0.462 e. The minimum atomic E-state index is -5.00. The number of aliphatic hydroxyl groups is 1. The third kappa shape index (κ3) is 76.9. The number of unbranched alkanes of at least 4 members (excludes halogenated alkanes) is 23. The molecule has 0 heterocycles. The summed E-state index contributed by atoms with van der Waals surface area (Å²) in [7, 11) is -9.99. The lowest BCUT2D eigenvalue weighted by molar-refractivity contribution is -0.161. The van der Waals surface area contributed by atoms with Crippen LogP contribution >= 0.6 is 15.6 Å². The smallest absolute Gasteiger partial charge is 0.462 e. The van der Waals surface area contributed by atoms with E-state index >= 15 is 0 Å². The van der Waals surface area contributed by atoms with Gasteiger partial charge in [-0.2, -0.15) is 0 Å². The average molecular weight is 1520 g/mol. The zero-order chi connectivity index (χ0) is 77.4. The third-order valence-corrected chi connectivity index (χ3v) is 18.4. The molecule has 17 nitrogen and oxygen atoms in total. The molecule has 0 aromatic heterocycles. The largest absolute Gasteiger partial charge is 0.472 e. The maximum absolute atomic E-state index is 13.1. The number of allylic oxidation sites excluding steroid dienone is 26. The summed E-state index contributed by atoms with van der Waals surface area (Å²) in [6.07, 6.45) is 90.7. The van der Waals surface area contributed by atoms with E-state index in [0.29, 0.717) is 25.7 Å². The van der Waals surface area contributed by atoms with Gasteiger partial charge in [0.1, 0.15) is 19.3 Å². The zero-order valence-corrected chi connectivity index (χ0v) is 67.8. The minimum absolute atomic E-state index is 0.0724. The lowest BCUT2D eigenvalue weighted by atomic mass is 10.1. The van der Waals surface area contributed by atoms with Crippen molar-refractivity contribution in [2.45, 2.75) is 329 Å². The van der Waals surface area contributed by atoms with Crippen LogP contribution in [0, 0.1) is 0 Å². The number of aliphatic hydroxyl groups excluding tert-OH is 1. The zero-order valence-electron chi connectivity index (χ0n) is 66.1. The summed E-state index contributed by atoms with van der Waals surface area (Å²) in [6.45, 7) is 4.44. The molecule has 0 spiro atoms. The Labute approximate surface area is 642 Å². The number of carbonyl (C=O) groups is 4. The molecule has 0 aliphatic rings. The van der Waals surface area contributed by atoms with Crippen molar-refractivity contribution in [3.05, 3.63) is 158 Å². The van der Waals surface area contributed by atoms with E-state index in [0.717, 1.165) is 205 Å². The molecule has 0 radical (unpaired) electrons. The van der Waals surface area contributed by atoms with Crippen molar-refractivity contribution in [3.8, 4) is 0 Å². The molecule has 0 rings (SSSR count). The SMILES string of the molecule is CC/C=C\C/C=C\C/C=C\C/C=C\C/C=C\CCCCCC(=O)OCC(COP(=O)(O)OCC(O)COP(=O)(O)OCC(COC(=O)CCCCCC/C=C\C/C=C\C/C=C\C/C=C\CC)OC(=O)CCCCCCCCC/C=C\C/C=C\C/C=C\CC)OC(=O)CCCCCCC/C=C\CCCCCC. The number of ether oxygens (including phenoxy) is 4. The molecule has 0 aliphatic heterocycles. The lowest BCUT2D eigenvalue weighted by Gasteiger charge is -2.21. The Bertz CT molecular complexity index is 2630. The van der Waals surface area contributed by atoms with Crippen molar-refractivity contribution >= 4 is 39.5 Å². The van der Waals surface area contributed by atoms with Gasteiger partial charge < -0.3 is 33.8 Å². The van der Waals surface area contributed by atoms with E-state index in [4.69, 9.17) is 37.0 Å². The van der Waals surface area contributed by atoms with Gasteiger partial charge in [0.25, 0.3) is 0 Å². The van der Waals surface area contributed by atoms with Crippen LogP contribution in [0.5, 0.6) is 0 Å². The van der Waals surface area contributed by atoms with Gasteiger partial charge in [-0.25, -0.2) is 9.13 Å². The first kappa shape index (κ1) is 101. The number of phosphoric ester groups is 2. The number of hydrogen-bond acceptors (Lipinski definition) is 15. The summed E-state index contributed by atoms with van der Waals surface area (Å²) in [5, 5.41) is 10.7. The maximum Gasteiger partial charge on any atom is 0.472 e. The number of esters is 4. The molecule has 0 saturated heterocycles. The van der Waals surface area contributed by atoms with Gasteiger partial charge in [0.2, 0.25) is 0 Å². The van der Waals surface area contributed by atoms with Gasteiger partial charge in [0.15, 0.2) is 12.2 Å². The van der Waals surface area contributed by atoms with Gasteiger partial charge in [-0.15, -0.1) is 0 Å². The highest BCUT2D eigenvalue weighted by molar-refractivity contribution is 7.47. The van der Waals surface area contributed by atoms with E-state index in [1.54, 1.807) is 0 Å². The van der Waals surface area contributed by atoms with Crippen LogP contribution in [0.25, 0.3) is 0 Å². The number of hydrogen-bond donors (Lipinski definition) is 3. The quantitative estimate of drug-likeness (QED) is 0.0169. The average Bonchev–Trinajstić information content (AvgIpc) is 0.900. The summed E-state index contributed by atoms with van der Waals surface area (Å²) in [4.78, 5) is 73.1. The monoisotopic (exact) mass is 1520 g/mol. The second kappa shape index (κ2) is 77.8. The van der Waals surface area contributed by atoms with Gasteiger partial charge in [0, 0.05) is 25.7 Å². The Morgan fingerprint density at radius 2 is 0.491 bits per heavy atom. The number of carbonyl (C=O) groups excluding carboxylic acids is 4. The molecular formula is C87H144O17P2. The maximum atomic E-state index is 13.1. The molecule has 3 N–H and O–H groups in total. The Balaban J connectivity index is 5.43. The van der Waals surface area contributed by atoms with E-state index in [1.807, 2.05) is 0 Å². The van der Waals surface area contributed by atoms with Crippen LogP contribution in [0.15, 0.2) is 158 Å². The first-order valence-electron chi connectivity index (χ1n) is 40.7. The van der Waals surface area contributed by atoms with Crippen molar-refractivity contribution in [2.24, 2.45) is 0 Å². The molecule has 0 saturated carbocycles. The summed E-state index contributed by atoms with van der Waals surface area (Å²) < 4.78 is 68.6. The molecule has 604 valence electrons. The molecule has 0 aromatic rings. The number of rotatable bonds is 75. The summed E-state index contributed by atoms with van der Waals surface area (Å²) in [5.41, 5.74) is 0. The van der Waals surface area contributed by atoms with E-state index in [9.17, 15) is 43.2 Å². The van der Waals surface area contributed by atoms with Gasteiger partial charge >= 0.3 is 39.5 Å². The summed E-state index contributed by atoms with van der Waals surface area (Å²) in [6, 6.07) is 0. The topological polar surface area (TPSA) is 237 Å². The predicted octanol–water partition coefficient (Wildman–Crippen LogP) is 24.0. The fraction of sp³-hybridized carbons (Fsp3) is 0.655. The highest BCUT2D eigenvalue weighted by Crippen LogP contribution is 2.45. The van der Waals surface area contributed by atoms with Gasteiger partial charge in [-0.1, -0.05) is 276 Å². The van der Waals surface area contributed by atoms with Crippen molar-refractivity contribution in [1.29, 1.82) is 0 Å². The van der Waals surface area contributed by atoms with Crippen molar-refractivity contribution in [2.75, 3.05) is 39.6 Å². The van der Waals surface area contributed by atoms with Crippen LogP contribution in [0.2, 0.25) is 0 Å². The van der Waals surface area contributed by atoms with E-state index in [-0.39, 0.29) is 25.7 Å². The van der Waals surface area contributed by atoms with Crippen LogP contribution in [0.4, 0.5) is 0 Å². The number of phosphoric acid groups is 2. The molecule has 5 unspecified atom stereocenters. The second-order valence-corrected chi connectivity index (χ2v) is 29.5. The van der Waals surface area contributed by atoms with E-state index in [1.165, 1.54) is 25.7 Å². The van der Waals surface area contributed by atoms with Crippen LogP contribution in [-0.4, -0.2) is 96.7 Å². The van der Waals surface area contributed by atoms with Gasteiger partial charge in [0.05, 0.1) is 26.4 Å². The molecule has 0 bridgehead atoms. The van der Waals surface area contributed by atoms with E-state index < -0.39 is 97.5 Å². The fourth-order valence-electron chi connectivity index (χ4n) is 10.4. The Kier molecular flexibility index (Phi) is 73.9.